The van der Waals surface area contributed by atoms with Gasteiger partial charge in [-0.3, -0.25) is 4.79 Å². The van der Waals surface area contributed by atoms with Gasteiger partial charge in [0.1, 0.15) is 0 Å². The Bertz CT molecular complexity index is 1130. The van der Waals surface area contributed by atoms with Crippen molar-refractivity contribution in [2.24, 2.45) is 0 Å². The lowest BCUT2D eigenvalue weighted by Gasteiger charge is -2.32. The van der Waals surface area contributed by atoms with Crippen LogP contribution in [0.1, 0.15) is 41.7 Å². The van der Waals surface area contributed by atoms with Crippen LogP contribution in [0.4, 0.5) is 32.0 Å². The molecule has 2 nitrogen and oxygen atoms in total. The second kappa shape index (κ2) is 9.16. The molecule has 3 aromatic carbocycles. The fraction of sp³-hybridized carbons (Fsp3) is 0.269. The Balaban J connectivity index is 2.02. The Labute approximate surface area is 193 Å². The highest BCUT2D eigenvalue weighted by Crippen LogP contribution is 2.40. The monoisotopic (exact) mass is 479 g/mol. The molecule has 0 aliphatic rings. The number of benzene rings is 3. The summed E-state index contributed by atoms with van der Waals surface area (Å²) in [5, 5.41) is 0. The first kappa shape index (κ1) is 25.3. The Morgan fingerprint density at radius 1 is 0.735 bits per heavy atom. The summed E-state index contributed by atoms with van der Waals surface area (Å²) in [5.74, 6) is -0.638. The van der Waals surface area contributed by atoms with Gasteiger partial charge in [0.25, 0.3) is 0 Å². The molecule has 0 unspecified atom stereocenters. The van der Waals surface area contributed by atoms with Crippen molar-refractivity contribution in [3.8, 4) is 0 Å². The molecule has 0 atom stereocenters. The van der Waals surface area contributed by atoms with Gasteiger partial charge < -0.3 is 4.90 Å². The Hall–Kier alpha value is -3.29. The number of carbonyl (C=O) groups excluding carboxylic acids is 1. The highest BCUT2D eigenvalue weighted by atomic mass is 19.4. The van der Waals surface area contributed by atoms with Crippen LogP contribution in [-0.2, 0) is 29.0 Å². The number of rotatable bonds is 5. The molecule has 0 heterocycles. The van der Waals surface area contributed by atoms with Gasteiger partial charge in [-0.15, -0.1) is 0 Å². The second-order valence-corrected chi connectivity index (χ2v) is 8.57. The van der Waals surface area contributed by atoms with Gasteiger partial charge in [0.2, 0.25) is 5.91 Å². The molecule has 0 spiro atoms. The summed E-state index contributed by atoms with van der Waals surface area (Å²) in [4.78, 5) is 14.7. The number of amides is 1. The van der Waals surface area contributed by atoms with E-state index in [1.165, 1.54) is 25.8 Å². The number of nitrogens with zero attached hydrogens (tertiary/aromatic N) is 1. The Morgan fingerprint density at radius 3 is 1.74 bits per heavy atom. The van der Waals surface area contributed by atoms with E-state index in [4.69, 9.17) is 0 Å². The molecule has 180 valence electrons. The fourth-order valence-corrected chi connectivity index (χ4v) is 3.77. The molecule has 8 heteroatoms. The minimum Gasteiger partial charge on any atom is -0.314 e. The first-order chi connectivity index (χ1) is 15.7. The topological polar surface area (TPSA) is 20.3 Å². The van der Waals surface area contributed by atoms with Crippen LogP contribution in [0, 0.1) is 0 Å². The van der Waals surface area contributed by atoms with Crippen molar-refractivity contribution in [3.63, 3.8) is 0 Å². The van der Waals surface area contributed by atoms with E-state index in [1.807, 2.05) is 36.4 Å². The molecule has 0 N–H and O–H groups in total. The third-order valence-corrected chi connectivity index (χ3v) is 5.74. The molecule has 1 amide bonds. The maximum Gasteiger partial charge on any atom is 0.416 e. The van der Waals surface area contributed by atoms with Crippen LogP contribution in [0.3, 0.4) is 0 Å². The fourth-order valence-electron chi connectivity index (χ4n) is 3.77. The predicted molar refractivity (Wildman–Crippen MR) is 119 cm³/mol. The van der Waals surface area contributed by atoms with Gasteiger partial charge in [0, 0.05) is 12.7 Å². The van der Waals surface area contributed by atoms with E-state index >= 15 is 0 Å². The second-order valence-electron chi connectivity index (χ2n) is 8.57. The SMILES string of the molecule is CN(C(=O)C(C)(C)c1cc(C(F)(F)F)cc(C(F)(F)F)c1)c1ccccc1Cc1ccccc1. The average Bonchev–Trinajstić information content (AvgIpc) is 2.77. The zero-order valence-corrected chi connectivity index (χ0v) is 18.8. The van der Waals surface area contributed by atoms with Gasteiger partial charge >= 0.3 is 12.4 Å². The molecule has 0 saturated carbocycles. The summed E-state index contributed by atoms with van der Waals surface area (Å²) in [6.45, 7) is 2.64. The Kier molecular flexibility index (Phi) is 6.82. The van der Waals surface area contributed by atoms with Gasteiger partial charge in [-0.2, -0.15) is 26.3 Å². The van der Waals surface area contributed by atoms with Crippen LogP contribution in [0.2, 0.25) is 0 Å². The average molecular weight is 479 g/mol. The Morgan fingerprint density at radius 2 is 1.21 bits per heavy atom. The molecule has 0 fully saturated rings. The normalized spacial score (nSPS) is 12.5. The van der Waals surface area contributed by atoms with E-state index in [1.54, 1.807) is 18.2 Å². The van der Waals surface area contributed by atoms with Crippen LogP contribution in [0.15, 0.2) is 72.8 Å². The standard InChI is InChI=1S/C26H23F6NO/c1-24(2,19-14-20(25(27,28)29)16-21(15-19)26(30,31)32)23(34)33(3)22-12-8-7-11-18(22)13-17-9-5-4-6-10-17/h4-12,14-16H,13H2,1-3H3. The molecule has 0 radical (unpaired) electrons. The summed E-state index contributed by atoms with van der Waals surface area (Å²) >= 11 is 0. The van der Waals surface area contributed by atoms with Crippen molar-refractivity contribution in [2.45, 2.75) is 38.0 Å². The smallest absolute Gasteiger partial charge is 0.314 e. The highest BCUT2D eigenvalue weighted by Gasteiger charge is 2.41. The van der Waals surface area contributed by atoms with E-state index in [9.17, 15) is 31.1 Å². The maximum atomic E-state index is 13.5. The van der Waals surface area contributed by atoms with E-state index in [-0.39, 0.29) is 11.6 Å². The number of hydrogen-bond acceptors (Lipinski definition) is 1. The number of anilines is 1. The van der Waals surface area contributed by atoms with Crippen molar-refractivity contribution >= 4 is 11.6 Å². The molecule has 0 aromatic heterocycles. The summed E-state index contributed by atoms with van der Waals surface area (Å²) in [6, 6.07) is 17.8. The van der Waals surface area contributed by atoms with Gasteiger partial charge in [-0.25, -0.2) is 0 Å². The van der Waals surface area contributed by atoms with Crippen molar-refractivity contribution in [2.75, 3.05) is 11.9 Å². The molecular formula is C26H23F6NO. The zero-order chi connectivity index (χ0) is 25.3. The summed E-state index contributed by atoms with van der Waals surface area (Å²) < 4.78 is 80.1. The third kappa shape index (κ3) is 5.43. The van der Waals surface area contributed by atoms with Crippen LogP contribution >= 0.6 is 0 Å². The molecule has 3 aromatic rings. The molecule has 0 saturated heterocycles. The number of halogens is 6. The third-order valence-electron chi connectivity index (χ3n) is 5.74. The van der Waals surface area contributed by atoms with Crippen LogP contribution < -0.4 is 4.90 Å². The van der Waals surface area contributed by atoms with Crippen molar-refractivity contribution in [1.82, 2.24) is 0 Å². The van der Waals surface area contributed by atoms with Crippen molar-refractivity contribution in [3.05, 3.63) is 101 Å². The number of carbonyl (C=O) groups is 1. The summed E-state index contributed by atoms with van der Waals surface area (Å²) in [7, 11) is 1.46. The quantitative estimate of drug-likeness (QED) is 0.353. The first-order valence-corrected chi connectivity index (χ1v) is 10.4. The molecule has 3 rings (SSSR count). The summed E-state index contributed by atoms with van der Waals surface area (Å²) in [5.41, 5.74) is -2.64. The van der Waals surface area contributed by atoms with E-state index < -0.39 is 34.8 Å². The lowest BCUT2D eigenvalue weighted by Crippen LogP contribution is -2.42. The number of alkyl halides is 6. The van der Waals surface area contributed by atoms with Gasteiger partial charge in [-0.1, -0.05) is 48.5 Å². The van der Waals surface area contributed by atoms with Gasteiger partial charge in [0.05, 0.1) is 16.5 Å². The van der Waals surface area contributed by atoms with Crippen LogP contribution in [0.5, 0.6) is 0 Å². The first-order valence-electron chi connectivity index (χ1n) is 10.4. The van der Waals surface area contributed by atoms with Crippen molar-refractivity contribution in [1.29, 1.82) is 0 Å². The summed E-state index contributed by atoms with van der Waals surface area (Å²) in [6.07, 6.45) is -9.50. The van der Waals surface area contributed by atoms with E-state index in [0.29, 0.717) is 24.2 Å². The minimum atomic E-state index is -5.00. The van der Waals surface area contributed by atoms with Crippen LogP contribution in [0.25, 0.3) is 0 Å². The number of para-hydroxylation sites is 1. The van der Waals surface area contributed by atoms with Crippen molar-refractivity contribution < 1.29 is 31.1 Å². The zero-order valence-electron chi connectivity index (χ0n) is 18.8. The molecular weight excluding hydrogens is 456 g/mol. The van der Waals surface area contributed by atoms with E-state index in [2.05, 4.69) is 0 Å². The predicted octanol–water partition coefficient (Wildman–Crippen LogP) is 7.26. The number of likely N-dealkylation sites (N-methyl/N-ethyl adjacent to an activating group) is 1. The molecule has 0 bridgehead atoms. The highest BCUT2D eigenvalue weighted by molar-refractivity contribution is 6.00. The maximum absolute atomic E-state index is 13.5. The lowest BCUT2D eigenvalue weighted by molar-refractivity contribution is -0.143. The lowest BCUT2D eigenvalue weighted by atomic mass is 9.81. The minimum absolute atomic E-state index is 0.0585. The van der Waals surface area contributed by atoms with E-state index in [0.717, 1.165) is 11.1 Å². The molecule has 0 aliphatic carbocycles. The van der Waals surface area contributed by atoms with Gasteiger partial charge in [0.15, 0.2) is 0 Å². The molecule has 34 heavy (non-hydrogen) atoms. The molecule has 0 aliphatic heterocycles. The van der Waals surface area contributed by atoms with Gasteiger partial charge in [-0.05, 0) is 61.2 Å². The van der Waals surface area contributed by atoms with Crippen LogP contribution in [-0.4, -0.2) is 13.0 Å². The largest absolute Gasteiger partial charge is 0.416 e. The number of hydrogen-bond donors (Lipinski definition) is 0.